The zero-order chi connectivity index (χ0) is 20.6. The number of aliphatic carboxylic acids is 1. The number of amides is 1. The average Bonchev–Trinajstić information content (AvgIpc) is 2.70. The van der Waals surface area contributed by atoms with Crippen molar-refractivity contribution in [3.8, 4) is 5.75 Å². The summed E-state index contributed by atoms with van der Waals surface area (Å²) in [6.07, 6.45) is 0. The van der Waals surface area contributed by atoms with E-state index >= 15 is 0 Å². The predicted octanol–water partition coefficient (Wildman–Crippen LogP) is 0.186. The quantitative estimate of drug-likeness (QED) is 0.439. The van der Waals surface area contributed by atoms with Crippen molar-refractivity contribution in [2.75, 3.05) is 19.7 Å². The van der Waals surface area contributed by atoms with Crippen LogP contribution in [0.25, 0.3) is 0 Å². The molecule has 0 radical (unpaired) electrons. The van der Waals surface area contributed by atoms with Gasteiger partial charge in [-0.25, -0.2) is 8.42 Å². The van der Waals surface area contributed by atoms with Crippen molar-refractivity contribution < 1.29 is 27.9 Å². The molecular weight excluding hydrogens is 386 g/mol. The molecular formula is C18H21N3O6S. The number of hydrogen-bond acceptors (Lipinski definition) is 6. The van der Waals surface area contributed by atoms with Crippen LogP contribution in [0.2, 0.25) is 0 Å². The average molecular weight is 407 g/mol. The third-order valence-electron chi connectivity index (χ3n) is 3.62. The van der Waals surface area contributed by atoms with E-state index in [0.717, 1.165) is 0 Å². The molecule has 9 nitrogen and oxygen atoms in total. The van der Waals surface area contributed by atoms with E-state index in [0.29, 0.717) is 18.9 Å². The fraction of sp³-hybridized carbons (Fsp3) is 0.222. The Morgan fingerprint density at radius 1 is 1.07 bits per heavy atom. The van der Waals surface area contributed by atoms with Crippen LogP contribution in [0.5, 0.6) is 5.75 Å². The molecule has 150 valence electrons. The van der Waals surface area contributed by atoms with Gasteiger partial charge in [0.05, 0.1) is 4.90 Å². The van der Waals surface area contributed by atoms with Crippen molar-refractivity contribution in [2.45, 2.75) is 10.9 Å². The van der Waals surface area contributed by atoms with Crippen molar-refractivity contribution in [1.29, 1.82) is 0 Å². The number of hydrogen-bond donors (Lipinski definition) is 4. The number of nitrogens with one attached hydrogen (secondary N) is 2. The Kier molecular flexibility index (Phi) is 7.50. The summed E-state index contributed by atoms with van der Waals surface area (Å²) in [5.41, 5.74) is 5.62. The van der Waals surface area contributed by atoms with Gasteiger partial charge in [0, 0.05) is 18.7 Å². The second-order valence-corrected chi connectivity index (χ2v) is 7.41. The first-order chi connectivity index (χ1) is 13.3. The minimum Gasteiger partial charge on any atom is -0.492 e. The van der Waals surface area contributed by atoms with Gasteiger partial charge in [-0.2, -0.15) is 4.72 Å². The molecule has 0 aromatic heterocycles. The molecule has 10 heteroatoms. The Balaban J connectivity index is 1.99. The number of carbonyl (C=O) groups is 2. The topological polar surface area (TPSA) is 148 Å². The highest BCUT2D eigenvalue weighted by atomic mass is 32.2. The van der Waals surface area contributed by atoms with Crippen LogP contribution in [0, 0.1) is 0 Å². The highest BCUT2D eigenvalue weighted by Crippen LogP contribution is 2.12. The number of nitrogens with two attached hydrogens (primary N) is 1. The van der Waals surface area contributed by atoms with Crippen LogP contribution >= 0.6 is 0 Å². The van der Waals surface area contributed by atoms with Gasteiger partial charge in [0.15, 0.2) is 0 Å². The van der Waals surface area contributed by atoms with E-state index in [1.807, 2.05) is 0 Å². The van der Waals surface area contributed by atoms with Crippen LogP contribution in [0.15, 0.2) is 59.5 Å². The van der Waals surface area contributed by atoms with Gasteiger partial charge in [-0.05, 0) is 36.4 Å². The number of carboxylic acids is 1. The van der Waals surface area contributed by atoms with Crippen molar-refractivity contribution in [3.05, 3.63) is 60.2 Å². The second kappa shape index (κ2) is 9.83. The Labute approximate surface area is 162 Å². The smallest absolute Gasteiger partial charge is 0.323 e. The molecule has 2 aromatic rings. The van der Waals surface area contributed by atoms with Crippen LogP contribution in [0.4, 0.5) is 0 Å². The van der Waals surface area contributed by atoms with Crippen LogP contribution < -0.4 is 20.5 Å². The van der Waals surface area contributed by atoms with E-state index in [-0.39, 0.29) is 10.5 Å². The maximum atomic E-state index is 12.3. The molecule has 0 unspecified atom stereocenters. The molecule has 0 fully saturated rings. The fourth-order valence-electron chi connectivity index (χ4n) is 2.21. The second-order valence-electron chi connectivity index (χ2n) is 5.70. The van der Waals surface area contributed by atoms with Crippen LogP contribution in [-0.4, -0.2) is 51.1 Å². The number of carbonyl (C=O) groups excluding carboxylic acids is 1. The van der Waals surface area contributed by atoms with Gasteiger partial charge in [-0.3, -0.25) is 9.59 Å². The van der Waals surface area contributed by atoms with Gasteiger partial charge >= 0.3 is 5.97 Å². The monoisotopic (exact) mass is 407 g/mol. The van der Waals surface area contributed by atoms with Gasteiger partial charge in [0.1, 0.15) is 18.4 Å². The first-order valence-corrected chi connectivity index (χ1v) is 9.83. The summed E-state index contributed by atoms with van der Waals surface area (Å²) in [6.45, 7) is 0.275. The molecule has 0 bridgehead atoms. The first-order valence-electron chi connectivity index (χ1n) is 8.35. The molecule has 0 heterocycles. The number of sulfonamides is 1. The maximum Gasteiger partial charge on any atom is 0.323 e. The third-order valence-corrected chi connectivity index (χ3v) is 5.11. The number of benzene rings is 2. The lowest BCUT2D eigenvalue weighted by molar-refractivity contribution is -0.138. The molecule has 1 amide bonds. The van der Waals surface area contributed by atoms with E-state index in [1.54, 1.807) is 18.2 Å². The number of ether oxygens (including phenoxy) is 1. The van der Waals surface area contributed by atoms with Crippen molar-refractivity contribution in [2.24, 2.45) is 5.73 Å². The minimum atomic E-state index is -4.04. The van der Waals surface area contributed by atoms with E-state index in [2.05, 4.69) is 10.0 Å². The molecule has 2 rings (SSSR count). The maximum absolute atomic E-state index is 12.3. The van der Waals surface area contributed by atoms with Crippen LogP contribution in [-0.2, 0) is 14.8 Å². The SMILES string of the molecule is NCCOc1ccc(C(=O)NC[C@H](NS(=O)(=O)c2ccccc2)C(=O)O)cc1. The van der Waals surface area contributed by atoms with Crippen LogP contribution in [0.1, 0.15) is 10.4 Å². The zero-order valence-corrected chi connectivity index (χ0v) is 15.7. The summed E-state index contributed by atoms with van der Waals surface area (Å²) < 4.78 is 31.9. The standard InChI is InChI=1S/C18H21N3O6S/c19-10-11-27-14-8-6-13(7-9-14)17(22)20-12-16(18(23)24)21-28(25,26)15-4-2-1-3-5-15/h1-9,16,21H,10-12,19H2,(H,20,22)(H,23,24)/t16-/m0/s1. The molecule has 28 heavy (non-hydrogen) atoms. The number of carboxylic acid groups (broad SMARTS) is 1. The molecule has 0 aliphatic heterocycles. The lowest BCUT2D eigenvalue weighted by Crippen LogP contribution is -2.48. The van der Waals surface area contributed by atoms with Gasteiger partial charge in [0.2, 0.25) is 10.0 Å². The molecule has 0 aliphatic carbocycles. The van der Waals surface area contributed by atoms with E-state index < -0.39 is 34.5 Å². The molecule has 2 aromatic carbocycles. The highest BCUT2D eigenvalue weighted by Gasteiger charge is 2.25. The normalized spacial score (nSPS) is 12.2. The summed E-state index contributed by atoms with van der Waals surface area (Å²) in [6, 6.07) is 12.0. The lowest BCUT2D eigenvalue weighted by Gasteiger charge is -2.16. The van der Waals surface area contributed by atoms with Crippen molar-refractivity contribution in [3.63, 3.8) is 0 Å². The van der Waals surface area contributed by atoms with E-state index in [1.165, 1.54) is 36.4 Å². The Morgan fingerprint density at radius 2 is 1.71 bits per heavy atom. The Morgan fingerprint density at radius 3 is 2.29 bits per heavy atom. The zero-order valence-electron chi connectivity index (χ0n) is 14.9. The Hall–Kier alpha value is -2.95. The van der Waals surface area contributed by atoms with Gasteiger partial charge in [0.25, 0.3) is 5.91 Å². The molecule has 0 spiro atoms. The Bertz CT molecular complexity index is 901. The highest BCUT2D eigenvalue weighted by molar-refractivity contribution is 7.89. The van der Waals surface area contributed by atoms with Gasteiger partial charge in [-0.1, -0.05) is 18.2 Å². The minimum absolute atomic E-state index is 0.0688. The number of rotatable bonds is 10. The van der Waals surface area contributed by atoms with E-state index in [4.69, 9.17) is 10.5 Å². The summed E-state index contributed by atoms with van der Waals surface area (Å²) in [7, 11) is -4.04. The fourth-order valence-corrected chi connectivity index (χ4v) is 3.42. The molecule has 0 saturated carbocycles. The summed E-state index contributed by atoms with van der Waals surface area (Å²) in [5.74, 6) is -1.41. The first kappa shape index (κ1) is 21.4. The van der Waals surface area contributed by atoms with Gasteiger partial charge in [-0.15, -0.1) is 0 Å². The third kappa shape index (κ3) is 6.05. The van der Waals surface area contributed by atoms with Gasteiger partial charge < -0.3 is 20.9 Å². The molecule has 1 atom stereocenters. The molecule has 0 saturated heterocycles. The van der Waals surface area contributed by atoms with Crippen molar-refractivity contribution >= 4 is 21.9 Å². The largest absolute Gasteiger partial charge is 0.492 e. The van der Waals surface area contributed by atoms with Crippen LogP contribution in [0.3, 0.4) is 0 Å². The van der Waals surface area contributed by atoms with Crippen molar-refractivity contribution in [1.82, 2.24) is 10.0 Å². The summed E-state index contributed by atoms with van der Waals surface area (Å²) in [5, 5.41) is 11.7. The summed E-state index contributed by atoms with van der Waals surface area (Å²) >= 11 is 0. The molecule has 5 N–H and O–H groups in total. The predicted molar refractivity (Wildman–Crippen MR) is 102 cm³/mol. The lowest BCUT2D eigenvalue weighted by atomic mass is 10.2. The molecule has 0 aliphatic rings. The van der Waals surface area contributed by atoms with E-state index in [9.17, 15) is 23.1 Å². The summed E-state index contributed by atoms with van der Waals surface area (Å²) in [4.78, 5) is 23.5.